The number of carbonyl (C=O) groups is 1. The van der Waals surface area contributed by atoms with Crippen LogP contribution in [0.3, 0.4) is 0 Å². The van der Waals surface area contributed by atoms with Crippen LogP contribution in [0.5, 0.6) is 0 Å². The number of hydrogen-bond acceptors (Lipinski definition) is 3. The number of likely N-dealkylation sites (tertiary alicyclic amines) is 1. The van der Waals surface area contributed by atoms with Gasteiger partial charge < -0.3 is 11.1 Å². The molecule has 0 aromatic heterocycles. The molecule has 0 bridgehead atoms. The minimum atomic E-state index is -0.301. The smallest absolute Gasteiger partial charge is 0.224 e. The third kappa shape index (κ3) is 5.37. The Labute approximate surface area is 160 Å². The van der Waals surface area contributed by atoms with E-state index in [4.69, 9.17) is 5.73 Å². The second kappa shape index (κ2) is 9.11. The van der Waals surface area contributed by atoms with Gasteiger partial charge in [-0.1, -0.05) is 49.4 Å². The van der Waals surface area contributed by atoms with Gasteiger partial charge >= 0.3 is 0 Å². The second-order valence-electron chi connectivity index (χ2n) is 7.41. The summed E-state index contributed by atoms with van der Waals surface area (Å²) >= 11 is 0. The van der Waals surface area contributed by atoms with Crippen molar-refractivity contribution in [1.82, 2.24) is 10.2 Å². The van der Waals surface area contributed by atoms with Crippen LogP contribution in [-0.2, 0) is 11.3 Å². The molecule has 1 heterocycles. The van der Waals surface area contributed by atoms with Crippen LogP contribution in [-0.4, -0.2) is 29.9 Å². The maximum Gasteiger partial charge on any atom is 0.224 e. The third-order valence-electron chi connectivity index (χ3n) is 5.39. The Morgan fingerprint density at radius 1 is 1.15 bits per heavy atom. The maximum absolute atomic E-state index is 13.0. The second-order valence-corrected chi connectivity index (χ2v) is 7.41. The lowest BCUT2D eigenvalue weighted by Crippen LogP contribution is -2.47. The van der Waals surface area contributed by atoms with Crippen LogP contribution in [0.15, 0.2) is 54.6 Å². The topological polar surface area (TPSA) is 58.4 Å². The van der Waals surface area contributed by atoms with Gasteiger partial charge in [0.2, 0.25) is 5.91 Å². The number of rotatable bonds is 6. The molecular formula is C22H28FN3O. The lowest BCUT2D eigenvalue weighted by molar-refractivity contribution is -0.126. The number of carbonyl (C=O) groups excluding carboxylic acids is 1. The van der Waals surface area contributed by atoms with Crippen LogP contribution < -0.4 is 11.1 Å². The van der Waals surface area contributed by atoms with E-state index >= 15 is 0 Å². The Bertz CT molecular complexity index is 727. The summed E-state index contributed by atoms with van der Waals surface area (Å²) in [6, 6.07) is 16.3. The van der Waals surface area contributed by atoms with E-state index < -0.39 is 0 Å². The van der Waals surface area contributed by atoms with Crippen molar-refractivity contribution in [1.29, 1.82) is 0 Å². The van der Waals surface area contributed by atoms with Gasteiger partial charge in [0, 0.05) is 31.7 Å². The molecule has 4 nitrogen and oxygen atoms in total. The first-order valence-corrected chi connectivity index (χ1v) is 9.60. The number of piperidine rings is 1. The van der Waals surface area contributed by atoms with Crippen LogP contribution in [0, 0.1) is 11.7 Å². The predicted octanol–water partition coefficient (Wildman–Crippen LogP) is 3.24. The molecule has 27 heavy (non-hydrogen) atoms. The average molecular weight is 369 g/mol. The summed E-state index contributed by atoms with van der Waals surface area (Å²) in [5.41, 5.74) is 8.36. The summed E-state index contributed by atoms with van der Waals surface area (Å²) < 4.78 is 13.0. The normalized spacial score (nSPS) is 18.0. The first kappa shape index (κ1) is 19.5. The van der Waals surface area contributed by atoms with Crippen LogP contribution in [0.2, 0.25) is 0 Å². The van der Waals surface area contributed by atoms with Gasteiger partial charge in [0.05, 0.1) is 5.92 Å². The van der Waals surface area contributed by atoms with Crippen molar-refractivity contribution in [2.45, 2.75) is 38.4 Å². The Balaban J connectivity index is 1.45. The van der Waals surface area contributed by atoms with Crippen molar-refractivity contribution in [3.63, 3.8) is 0 Å². The summed E-state index contributed by atoms with van der Waals surface area (Å²) in [5.74, 6) is -0.462. The lowest BCUT2D eigenvalue weighted by Gasteiger charge is -2.33. The van der Waals surface area contributed by atoms with E-state index in [1.165, 1.54) is 12.1 Å². The van der Waals surface area contributed by atoms with E-state index in [-0.39, 0.29) is 29.7 Å². The molecule has 1 aliphatic heterocycles. The summed E-state index contributed by atoms with van der Waals surface area (Å²) in [4.78, 5) is 14.9. The van der Waals surface area contributed by atoms with E-state index in [1.807, 2.05) is 49.4 Å². The highest BCUT2D eigenvalue weighted by Gasteiger charge is 2.26. The fourth-order valence-corrected chi connectivity index (χ4v) is 3.54. The predicted molar refractivity (Wildman–Crippen MR) is 105 cm³/mol. The SMILES string of the molecule is CC(C(=O)NC1CCN(Cc2ccc(F)cc2)CC1)C(N)c1ccccc1. The molecule has 1 amide bonds. The zero-order valence-electron chi connectivity index (χ0n) is 15.8. The molecule has 144 valence electrons. The molecule has 0 spiro atoms. The van der Waals surface area contributed by atoms with Crippen molar-refractivity contribution >= 4 is 5.91 Å². The fourth-order valence-electron chi connectivity index (χ4n) is 3.54. The van der Waals surface area contributed by atoms with E-state index in [9.17, 15) is 9.18 Å². The highest BCUT2D eigenvalue weighted by Crippen LogP contribution is 2.20. The van der Waals surface area contributed by atoms with E-state index in [2.05, 4.69) is 10.2 Å². The summed E-state index contributed by atoms with van der Waals surface area (Å²) in [5, 5.41) is 3.17. The van der Waals surface area contributed by atoms with E-state index in [0.717, 1.165) is 43.6 Å². The lowest BCUT2D eigenvalue weighted by atomic mass is 9.94. The Kier molecular flexibility index (Phi) is 6.58. The molecule has 1 aliphatic rings. The fraction of sp³-hybridized carbons (Fsp3) is 0.409. The van der Waals surface area contributed by atoms with Crippen LogP contribution in [0.1, 0.15) is 36.9 Å². The molecule has 1 fully saturated rings. The number of benzene rings is 2. The molecule has 5 heteroatoms. The quantitative estimate of drug-likeness (QED) is 0.822. The zero-order chi connectivity index (χ0) is 19.2. The molecule has 0 radical (unpaired) electrons. The van der Waals surface area contributed by atoms with Gasteiger partial charge in [0.1, 0.15) is 5.82 Å². The molecule has 2 aromatic carbocycles. The number of halogens is 1. The van der Waals surface area contributed by atoms with Gasteiger partial charge in [-0.05, 0) is 36.1 Å². The minimum Gasteiger partial charge on any atom is -0.353 e. The van der Waals surface area contributed by atoms with Crippen molar-refractivity contribution < 1.29 is 9.18 Å². The van der Waals surface area contributed by atoms with E-state index in [1.54, 1.807) is 0 Å². The number of nitrogens with one attached hydrogen (secondary N) is 1. The Morgan fingerprint density at radius 2 is 1.78 bits per heavy atom. The molecule has 3 rings (SSSR count). The zero-order valence-corrected chi connectivity index (χ0v) is 15.8. The largest absolute Gasteiger partial charge is 0.353 e. The maximum atomic E-state index is 13.0. The van der Waals surface area contributed by atoms with Gasteiger partial charge in [-0.15, -0.1) is 0 Å². The van der Waals surface area contributed by atoms with Crippen molar-refractivity contribution in [3.8, 4) is 0 Å². The van der Waals surface area contributed by atoms with Gasteiger partial charge in [-0.25, -0.2) is 4.39 Å². The summed E-state index contributed by atoms with van der Waals surface area (Å²) in [7, 11) is 0. The molecule has 2 unspecified atom stereocenters. The highest BCUT2D eigenvalue weighted by molar-refractivity contribution is 5.79. The molecule has 0 aliphatic carbocycles. The van der Waals surface area contributed by atoms with Crippen molar-refractivity contribution in [2.75, 3.05) is 13.1 Å². The van der Waals surface area contributed by atoms with Gasteiger partial charge in [-0.2, -0.15) is 0 Å². The minimum absolute atomic E-state index is 0.0170. The molecule has 0 saturated carbocycles. The molecule has 2 atom stereocenters. The molecule has 3 N–H and O–H groups in total. The summed E-state index contributed by atoms with van der Waals surface area (Å²) in [6.07, 6.45) is 1.83. The molecule has 1 saturated heterocycles. The number of amides is 1. The highest BCUT2D eigenvalue weighted by atomic mass is 19.1. The number of nitrogens with zero attached hydrogens (tertiary/aromatic N) is 1. The number of nitrogens with two attached hydrogens (primary N) is 1. The van der Waals surface area contributed by atoms with Crippen LogP contribution >= 0.6 is 0 Å². The van der Waals surface area contributed by atoms with Crippen LogP contribution in [0.4, 0.5) is 4.39 Å². The van der Waals surface area contributed by atoms with Gasteiger partial charge in [-0.3, -0.25) is 9.69 Å². The Hall–Kier alpha value is -2.24. The number of hydrogen-bond donors (Lipinski definition) is 2. The third-order valence-corrected chi connectivity index (χ3v) is 5.39. The monoisotopic (exact) mass is 369 g/mol. The molecule has 2 aromatic rings. The standard InChI is InChI=1S/C22H28FN3O/c1-16(21(24)18-5-3-2-4-6-18)22(27)25-20-11-13-26(14-12-20)15-17-7-9-19(23)10-8-17/h2-10,16,20-21H,11-15,24H2,1H3,(H,25,27). The van der Waals surface area contributed by atoms with E-state index in [0.29, 0.717) is 0 Å². The van der Waals surface area contributed by atoms with Gasteiger partial charge in [0.25, 0.3) is 0 Å². The first-order valence-electron chi connectivity index (χ1n) is 9.60. The van der Waals surface area contributed by atoms with Gasteiger partial charge in [0.15, 0.2) is 0 Å². The molecular weight excluding hydrogens is 341 g/mol. The van der Waals surface area contributed by atoms with Crippen molar-refractivity contribution in [3.05, 3.63) is 71.5 Å². The first-order chi connectivity index (χ1) is 13.0. The Morgan fingerprint density at radius 3 is 2.41 bits per heavy atom. The van der Waals surface area contributed by atoms with Crippen LogP contribution in [0.25, 0.3) is 0 Å². The average Bonchev–Trinajstić information content (AvgIpc) is 2.70. The van der Waals surface area contributed by atoms with Crippen molar-refractivity contribution in [2.24, 2.45) is 11.7 Å². The summed E-state index contributed by atoms with van der Waals surface area (Å²) in [6.45, 7) is 4.54.